The zero-order chi connectivity index (χ0) is 10.9. The lowest BCUT2D eigenvalue weighted by atomic mass is 10.2. The predicted octanol–water partition coefficient (Wildman–Crippen LogP) is 2.96. The van der Waals surface area contributed by atoms with E-state index in [-0.39, 0.29) is 6.61 Å². The molecular formula is C12H15NOS. The highest BCUT2D eigenvalue weighted by Crippen LogP contribution is 2.19. The Hall–Kier alpha value is -0.980. The molecule has 0 aliphatic rings. The summed E-state index contributed by atoms with van der Waals surface area (Å²) in [5.74, 6) is 1.06. The quantitative estimate of drug-likeness (QED) is 0.593. The Morgan fingerprint density at radius 2 is 1.93 bits per heavy atom. The van der Waals surface area contributed by atoms with Crippen LogP contribution in [0.2, 0.25) is 0 Å². The predicted molar refractivity (Wildman–Crippen MR) is 62.6 cm³/mol. The summed E-state index contributed by atoms with van der Waals surface area (Å²) in [5.41, 5.74) is 0.948. The van der Waals surface area contributed by atoms with Crippen LogP contribution in [0.4, 0.5) is 0 Å². The lowest BCUT2D eigenvalue weighted by molar-refractivity contribution is 0.282. The molecule has 0 aromatic heterocycles. The van der Waals surface area contributed by atoms with E-state index in [0.29, 0.717) is 6.42 Å². The van der Waals surface area contributed by atoms with Crippen molar-refractivity contribution in [3.05, 3.63) is 29.8 Å². The molecule has 3 heteroatoms. The fourth-order valence-corrected chi connectivity index (χ4v) is 2.10. The van der Waals surface area contributed by atoms with Crippen LogP contribution in [0.15, 0.2) is 29.2 Å². The number of aliphatic hydroxyl groups is 1. The molecule has 0 atom stereocenters. The fraction of sp³-hybridized carbons (Fsp3) is 0.417. The molecule has 0 aliphatic carbocycles. The Morgan fingerprint density at radius 1 is 1.20 bits per heavy atom. The zero-order valence-electron chi connectivity index (χ0n) is 8.65. The molecule has 0 spiro atoms. The number of nitriles is 1. The van der Waals surface area contributed by atoms with E-state index in [0.717, 1.165) is 24.2 Å². The van der Waals surface area contributed by atoms with Gasteiger partial charge >= 0.3 is 0 Å². The van der Waals surface area contributed by atoms with Crippen molar-refractivity contribution in [2.24, 2.45) is 0 Å². The lowest BCUT2D eigenvalue weighted by Gasteiger charge is -2.01. The van der Waals surface area contributed by atoms with Gasteiger partial charge < -0.3 is 5.11 Å². The molecule has 0 heterocycles. The summed E-state index contributed by atoms with van der Waals surface area (Å²) < 4.78 is 0. The van der Waals surface area contributed by atoms with Crippen molar-refractivity contribution in [2.75, 3.05) is 5.75 Å². The normalized spacial score (nSPS) is 9.87. The standard InChI is InChI=1S/C12H15NOS/c13-8-2-1-3-9-15-12-6-4-11(10-14)5-7-12/h4-7,14H,1-3,9-10H2. The van der Waals surface area contributed by atoms with Crippen molar-refractivity contribution >= 4 is 11.8 Å². The summed E-state index contributed by atoms with van der Waals surface area (Å²) in [5, 5.41) is 17.2. The summed E-state index contributed by atoms with van der Waals surface area (Å²) >= 11 is 1.80. The zero-order valence-corrected chi connectivity index (χ0v) is 9.46. The highest BCUT2D eigenvalue weighted by Gasteiger charge is 1.95. The van der Waals surface area contributed by atoms with Gasteiger partial charge in [0.05, 0.1) is 12.7 Å². The number of unbranched alkanes of at least 4 members (excludes halogenated alkanes) is 2. The Balaban J connectivity index is 2.23. The van der Waals surface area contributed by atoms with E-state index < -0.39 is 0 Å². The number of hydrogen-bond acceptors (Lipinski definition) is 3. The molecular weight excluding hydrogens is 206 g/mol. The highest BCUT2D eigenvalue weighted by molar-refractivity contribution is 7.99. The number of thioether (sulfide) groups is 1. The number of hydrogen-bond donors (Lipinski definition) is 1. The van der Waals surface area contributed by atoms with E-state index in [2.05, 4.69) is 6.07 Å². The Bertz CT molecular complexity index is 315. The second-order valence-corrected chi connectivity index (χ2v) is 4.43. The van der Waals surface area contributed by atoms with Crippen molar-refractivity contribution in [3.8, 4) is 6.07 Å². The van der Waals surface area contributed by atoms with Crippen molar-refractivity contribution in [3.63, 3.8) is 0 Å². The average Bonchev–Trinajstić information content (AvgIpc) is 2.30. The van der Waals surface area contributed by atoms with Gasteiger partial charge in [0, 0.05) is 11.3 Å². The third-order valence-electron chi connectivity index (χ3n) is 2.06. The molecule has 15 heavy (non-hydrogen) atoms. The SMILES string of the molecule is N#CCCCCSc1ccc(CO)cc1. The van der Waals surface area contributed by atoms with E-state index in [1.807, 2.05) is 24.3 Å². The molecule has 0 radical (unpaired) electrons. The molecule has 0 bridgehead atoms. The van der Waals surface area contributed by atoms with Crippen LogP contribution in [0.25, 0.3) is 0 Å². The number of rotatable bonds is 6. The van der Waals surface area contributed by atoms with Crippen LogP contribution in [0, 0.1) is 11.3 Å². The van der Waals surface area contributed by atoms with Crippen LogP contribution in [-0.2, 0) is 6.61 Å². The van der Waals surface area contributed by atoms with Gasteiger partial charge in [0.2, 0.25) is 0 Å². The minimum atomic E-state index is 0.104. The Morgan fingerprint density at radius 3 is 2.53 bits per heavy atom. The van der Waals surface area contributed by atoms with Crippen LogP contribution in [0.5, 0.6) is 0 Å². The van der Waals surface area contributed by atoms with E-state index >= 15 is 0 Å². The molecule has 0 fully saturated rings. The van der Waals surface area contributed by atoms with Gasteiger partial charge in [-0.25, -0.2) is 0 Å². The van der Waals surface area contributed by atoms with Gasteiger partial charge in [0.25, 0.3) is 0 Å². The Labute approximate surface area is 94.9 Å². The maximum absolute atomic E-state index is 8.86. The molecule has 1 N–H and O–H groups in total. The molecule has 1 aromatic rings. The minimum absolute atomic E-state index is 0.104. The summed E-state index contributed by atoms with van der Waals surface area (Å²) in [4.78, 5) is 1.23. The van der Waals surface area contributed by atoms with Crippen molar-refractivity contribution in [2.45, 2.75) is 30.8 Å². The fourth-order valence-electron chi connectivity index (χ4n) is 1.19. The van der Waals surface area contributed by atoms with Gasteiger partial charge in [-0.15, -0.1) is 11.8 Å². The summed E-state index contributed by atoms with van der Waals surface area (Å²) in [6, 6.07) is 10.1. The van der Waals surface area contributed by atoms with Crippen molar-refractivity contribution in [1.82, 2.24) is 0 Å². The first-order chi connectivity index (χ1) is 7.36. The summed E-state index contributed by atoms with van der Waals surface area (Å²) in [6.07, 6.45) is 2.72. The second-order valence-electron chi connectivity index (χ2n) is 3.27. The molecule has 2 nitrogen and oxygen atoms in total. The maximum Gasteiger partial charge on any atom is 0.0681 e. The van der Waals surface area contributed by atoms with Gasteiger partial charge in [0.1, 0.15) is 0 Å². The molecule has 0 saturated carbocycles. The van der Waals surface area contributed by atoms with Gasteiger partial charge in [-0.05, 0) is 36.3 Å². The molecule has 1 aromatic carbocycles. The van der Waals surface area contributed by atoms with Crippen LogP contribution >= 0.6 is 11.8 Å². The molecule has 0 saturated heterocycles. The number of nitrogens with zero attached hydrogens (tertiary/aromatic N) is 1. The number of aliphatic hydroxyl groups excluding tert-OH is 1. The minimum Gasteiger partial charge on any atom is -0.392 e. The third-order valence-corrected chi connectivity index (χ3v) is 3.16. The highest BCUT2D eigenvalue weighted by atomic mass is 32.2. The summed E-state index contributed by atoms with van der Waals surface area (Å²) in [7, 11) is 0. The van der Waals surface area contributed by atoms with Crippen molar-refractivity contribution < 1.29 is 5.11 Å². The first-order valence-electron chi connectivity index (χ1n) is 5.06. The van der Waals surface area contributed by atoms with Crippen LogP contribution in [-0.4, -0.2) is 10.9 Å². The molecule has 0 amide bonds. The third kappa shape index (κ3) is 4.87. The lowest BCUT2D eigenvalue weighted by Crippen LogP contribution is -1.83. The van der Waals surface area contributed by atoms with Gasteiger partial charge in [-0.2, -0.15) is 5.26 Å². The largest absolute Gasteiger partial charge is 0.392 e. The Kier molecular flexibility index (Phi) is 5.91. The van der Waals surface area contributed by atoms with Crippen LogP contribution < -0.4 is 0 Å². The van der Waals surface area contributed by atoms with Gasteiger partial charge in [0.15, 0.2) is 0 Å². The van der Waals surface area contributed by atoms with Crippen molar-refractivity contribution in [1.29, 1.82) is 5.26 Å². The average molecular weight is 221 g/mol. The van der Waals surface area contributed by atoms with Gasteiger partial charge in [-0.3, -0.25) is 0 Å². The maximum atomic E-state index is 8.86. The second kappa shape index (κ2) is 7.33. The van der Waals surface area contributed by atoms with E-state index in [1.54, 1.807) is 11.8 Å². The van der Waals surface area contributed by atoms with E-state index in [9.17, 15) is 0 Å². The molecule has 1 rings (SSSR count). The molecule has 0 unspecified atom stereocenters. The summed E-state index contributed by atoms with van der Waals surface area (Å²) in [6.45, 7) is 0.104. The number of benzene rings is 1. The van der Waals surface area contributed by atoms with Crippen LogP contribution in [0.1, 0.15) is 24.8 Å². The van der Waals surface area contributed by atoms with E-state index in [4.69, 9.17) is 10.4 Å². The monoisotopic (exact) mass is 221 g/mol. The van der Waals surface area contributed by atoms with Crippen LogP contribution in [0.3, 0.4) is 0 Å². The smallest absolute Gasteiger partial charge is 0.0681 e. The topological polar surface area (TPSA) is 44.0 Å². The molecule has 80 valence electrons. The van der Waals surface area contributed by atoms with E-state index in [1.165, 1.54) is 4.90 Å². The first kappa shape index (κ1) is 12.1. The molecule has 0 aliphatic heterocycles. The van der Waals surface area contributed by atoms with Gasteiger partial charge in [-0.1, -0.05) is 12.1 Å². The first-order valence-corrected chi connectivity index (χ1v) is 6.05.